The molecule has 2 aromatic rings. The van der Waals surface area contributed by atoms with Crippen molar-refractivity contribution < 1.29 is 19.0 Å². The van der Waals surface area contributed by atoms with E-state index in [1.165, 1.54) is 0 Å². The fourth-order valence-electron chi connectivity index (χ4n) is 4.92. The normalized spacial score (nSPS) is 26.5. The Labute approximate surface area is 187 Å². The van der Waals surface area contributed by atoms with E-state index < -0.39 is 0 Å². The Balaban J connectivity index is 1.29. The lowest BCUT2D eigenvalue weighted by Crippen LogP contribution is -2.52. The zero-order valence-corrected chi connectivity index (χ0v) is 18.4. The number of methoxy groups -OCH3 is 1. The van der Waals surface area contributed by atoms with Gasteiger partial charge in [-0.05, 0) is 61.2 Å². The maximum Gasteiger partial charge on any atom is 0.407 e. The molecule has 2 aromatic carbocycles. The monoisotopic (exact) mass is 442 g/mol. The maximum absolute atomic E-state index is 12.6. The summed E-state index contributed by atoms with van der Waals surface area (Å²) in [6.45, 7) is 3.66. The fourth-order valence-corrected chi connectivity index (χ4v) is 5.11. The van der Waals surface area contributed by atoms with Crippen molar-refractivity contribution >= 4 is 17.7 Å². The second kappa shape index (κ2) is 8.60. The average molecular weight is 443 g/mol. The van der Waals surface area contributed by atoms with E-state index >= 15 is 0 Å². The van der Waals surface area contributed by atoms with Gasteiger partial charge in [0.05, 0.1) is 24.8 Å². The van der Waals surface area contributed by atoms with Crippen LogP contribution in [0.15, 0.2) is 36.4 Å². The van der Waals surface area contributed by atoms with Crippen molar-refractivity contribution in [2.75, 3.05) is 33.4 Å². The second-order valence-corrected chi connectivity index (χ2v) is 8.92. The molecule has 1 amide bonds. The number of alkyl carbamates (subject to hydrolysis) is 1. The predicted molar refractivity (Wildman–Crippen MR) is 119 cm³/mol. The first-order valence-electron chi connectivity index (χ1n) is 10.9. The van der Waals surface area contributed by atoms with Gasteiger partial charge in [-0.2, -0.15) is 0 Å². The van der Waals surface area contributed by atoms with Crippen LogP contribution >= 0.6 is 11.6 Å². The minimum absolute atomic E-state index is 0.00377. The Hall–Kier alpha value is -2.44. The maximum atomic E-state index is 12.6. The van der Waals surface area contributed by atoms with E-state index in [1.54, 1.807) is 7.11 Å². The first-order valence-corrected chi connectivity index (χ1v) is 11.3. The number of halogens is 1. The zero-order valence-electron chi connectivity index (χ0n) is 17.6. The van der Waals surface area contributed by atoms with Crippen LogP contribution in [0.25, 0.3) is 11.1 Å². The van der Waals surface area contributed by atoms with Crippen LogP contribution in [0.2, 0.25) is 5.02 Å². The van der Waals surface area contributed by atoms with Crippen molar-refractivity contribution in [2.24, 2.45) is 5.92 Å². The summed E-state index contributed by atoms with van der Waals surface area (Å²) in [5.74, 6) is 1.91. The third kappa shape index (κ3) is 4.19. The Morgan fingerprint density at radius 2 is 1.90 bits per heavy atom. The molecule has 6 nitrogen and oxygen atoms in total. The number of rotatable bonds is 4. The van der Waals surface area contributed by atoms with Gasteiger partial charge in [0.2, 0.25) is 0 Å². The molecule has 3 saturated heterocycles. The van der Waals surface area contributed by atoms with Gasteiger partial charge in [-0.25, -0.2) is 4.79 Å². The first-order chi connectivity index (χ1) is 15.1. The summed E-state index contributed by atoms with van der Waals surface area (Å²) >= 11 is 6.15. The van der Waals surface area contributed by atoms with Crippen molar-refractivity contribution in [2.45, 2.75) is 31.4 Å². The number of ether oxygens (including phenoxy) is 3. The van der Waals surface area contributed by atoms with Crippen LogP contribution in [-0.2, 0) is 4.74 Å². The molecule has 31 heavy (non-hydrogen) atoms. The molecule has 0 aliphatic carbocycles. The molecule has 0 saturated carbocycles. The Bertz CT molecular complexity index is 974. The number of carbonyl (C=O) groups is 1. The number of benzene rings is 2. The van der Waals surface area contributed by atoms with Crippen LogP contribution in [0.3, 0.4) is 0 Å². The molecule has 0 aromatic heterocycles. The molecule has 1 N–H and O–H groups in total. The van der Waals surface area contributed by atoms with Crippen molar-refractivity contribution in [1.82, 2.24) is 10.2 Å². The summed E-state index contributed by atoms with van der Waals surface area (Å²) in [6, 6.07) is 11.6. The van der Waals surface area contributed by atoms with Crippen molar-refractivity contribution in [3.05, 3.63) is 47.0 Å². The smallest absolute Gasteiger partial charge is 0.407 e. The van der Waals surface area contributed by atoms with Crippen molar-refractivity contribution in [1.29, 1.82) is 0 Å². The lowest BCUT2D eigenvalue weighted by molar-refractivity contribution is -0.0342. The van der Waals surface area contributed by atoms with E-state index in [4.69, 9.17) is 25.8 Å². The zero-order chi connectivity index (χ0) is 21.4. The van der Waals surface area contributed by atoms with Gasteiger partial charge in [0.1, 0.15) is 17.6 Å². The molecule has 4 aliphatic rings. The van der Waals surface area contributed by atoms with Crippen LogP contribution in [0.5, 0.6) is 11.5 Å². The van der Waals surface area contributed by atoms with Crippen LogP contribution in [0.1, 0.15) is 30.9 Å². The summed E-state index contributed by atoms with van der Waals surface area (Å²) in [7, 11) is 1.60. The number of nitrogens with one attached hydrogen (secondary N) is 1. The van der Waals surface area contributed by atoms with Gasteiger partial charge in [0.25, 0.3) is 0 Å². The van der Waals surface area contributed by atoms with E-state index in [2.05, 4.69) is 10.2 Å². The average Bonchev–Trinajstić information content (AvgIpc) is 2.80. The first kappa shape index (κ1) is 20.5. The van der Waals surface area contributed by atoms with Crippen LogP contribution in [0.4, 0.5) is 4.79 Å². The SMILES string of the molecule is COc1cc(-c2ccc3c(c2)OCCC3NC(=O)O[C@H]2CN3CCC2CC3)ccc1Cl. The molecule has 2 atom stereocenters. The summed E-state index contributed by atoms with van der Waals surface area (Å²) in [5, 5.41) is 3.64. The standard InChI is InChI=1S/C24H27ClN2O4/c1-29-22-13-17(3-5-19(22)25)16-2-4-18-20(8-11-30-21(18)12-16)26-24(28)31-23-14-27-9-6-15(23)7-10-27/h2-5,12-13,15,20,23H,6-11,14H2,1H3,(H,26,28)/t20?,23-/m0/s1. The number of hydrogen-bond donors (Lipinski definition) is 1. The highest BCUT2D eigenvalue weighted by Crippen LogP contribution is 2.38. The van der Waals surface area contributed by atoms with Gasteiger partial charge in [0, 0.05) is 18.5 Å². The molecule has 1 unspecified atom stereocenters. The molecule has 7 heteroatoms. The number of amides is 1. The Morgan fingerprint density at radius 1 is 1.13 bits per heavy atom. The summed E-state index contributed by atoms with van der Waals surface area (Å²) in [5.41, 5.74) is 2.97. The number of fused-ring (bicyclic) bond motifs is 4. The number of piperidine rings is 3. The molecule has 4 aliphatic heterocycles. The highest BCUT2D eigenvalue weighted by atomic mass is 35.5. The molecule has 4 heterocycles. The Kier molecular flexibility index (Phi) is 5.67. The van der Waals surface area contributed by atoms with Crippen molar-refractivity contribution in [3.63, 3.8) is 0 Å². The molecular formula is C24H27ClN2O4. The molecule has 0 spiro atoms. The lowest BCUT2D eigenvalue weighted by Gasteiger charge is -2.44. The molecular weight excluding hydrogens is 416 g/mol. The summed E-state index contributed by atoms with van der Waals surface area (Å²) in [6.07, 6.45) is 2.63. The third-order valence-electron chi connectivity index (χ3n) is 6.68. The molecule has 6 rings (SSSR count). The van der Waals surface area contributed by atoms with E-state index in [9.17, 15) is 4.79 Å². The van der Waals surface area contributed by atoms with E-state index in [-0.39, 0.29) is 18.2 Å². The van der Waals surface area contributed by atoms with Gasteiger partial charge in [-0.1, -0.05) is 29.8 Å². The summed E-state index contributed by atoms with van der Waals surface area (Å²) < 4.78 is 17.1. The third-order valence-corrected chi connectivity index (χ3v) is 7.00. The fraction of sp³-hybridized carbons (Fsp3) is 0.458. The van der Waals surface area contributed by atoms with E-state index in [0.29, 0.717) is 23.3 Å². The minimum atomic E-state index is -0.330. The second-order valence-electron chi connectivity index (χ2n) is 8.52. The van der Waals surface area contributed by atoms with Gasteiger partial charge in [-0.3, -0.25) is 4.90 Å². The molecule has 3 fully saturated rings. The van der Waals surface area contributed by atoms with E-state index in [1.807, 2.05) is 36.4 Å². The lowest BCUT2D eigenvalue weighted by atomic mass is 9.86. The summed E-state index contributed by atoms with van der Waals surface area (Å²) in [4.78, 5) is 15.0. The quantitative estimate of drug-likeness (QED) is 0.746. The molecule has 2 bridgehead atoms. The topological polar surface area (TPSA) is 60.0 Å². The highest BCUT2D eigenvalue weighted by Gasteiger charge is 2.37. The largest absolute Gasteiger partial charge is 0.495 e. The molecule has 0 radical (unpaired) electrons. The number of nitrogens with zero attached hydrogens (tertiary/aromatic N) is 1. The van der Waals surface area contributed by atoms with E-state index in [0.717, 1.165) is 61.3 Å². The predicted octanol–water partition coefficient (Wildman–Crippen LogP) is 4.66. The minimum Gasteiger partial charge on any atom is -0.495 e. The molecule has 164 valence electrons. The highest BCUT2D eigenvalue weighted by molar-refractivity contribution is 6.32. The Morgan fingerprint density at radius 3 is 2.65 bits per heavy atom. The van der Waals surface area contributed by atoms with Crippen LogP contribution in [0, 0.1) is 5.92 Å². The van der Waals surface area contributed by atoms with Crippen molar-refractivity contribution in [3.8, 4) is 22.6 Å². The number of carbonyl (C=O) groups excluding carboxylic acids is 1. The van der Waals surface area contributed by atoms with Crippen LogP contribution < -0.4 is 14.8 Å². The number of hydrogen-bond acceptors (Lipinski definition) is 5. The van der Waals surface area contributed by atoms with Gasteiger partial charge in [-0.15, -0.1) is 0 Å². The van der Waals surface area contributed by atoms with Gasteiger partial charge < -0.3 is 19.5 Å². The van der Waals surface area contributed by atoms with Gasteiger partial charge >= 0.3 is 6.09 Å². The van der Waals surface area contributed by atoms with Gasteiger partial charge in [0.15, 0.2) is 0 Å². The van der Waals surface area contributed by atoms with Crippen LogP contribution in [-0.4, -0.2) is 50.4 Å².